The molecule has 0 aromatic heterocycles. The topological polar surface area (TPSA) is 75.5 Å². The number of rotatable bonds is 8. The maximum Gasteiger partial charge on any atom is 0.270 e. The van der Waals surface area contributed by atoms with Gasteiger partial charge in [-0.05, 0) is 37.6 Å². The third-order valence-corrected chi connectivity index (χ3v) is 5.19. The first-order valence-electron chi connectivity index (χ1n) is 9.03. The first-order valence-corrected chi connectivity index (χ1v) is 9.41. The van der Waals surface area contributed by atoms with Crippen molar-refractivity contribution < 1.29 is 9.72 Å². The Balaban J connectivity index is 1.65. The average molecular weight is 388 g/mol. The lowest BCUT2D eigenvalue weighted by Gasteiger charge is -2.29. The summed E-state index contributed by atoms with van der Waals surface area (Å²) in [6, 6.07) is 13.7. The molecule has 0 bridgehead atoms. The van der Waals surface area contributed by atoms with E-state index in [0.29, 0.717) is 12.1 Å². The fraction of sp³-hybridized carbons (Fsp3) is 0.350. The van der Waals surface area contributed by atoms with Crippen LogP contribution in [0.4, 0.5) is 5.69 Å². The molecule has 6 nitrogen and oxygen atoms in total. The van der Waals surface area contributed by atoms with Crippen molar-refractivity contribution in [2.24, 2.45) is 0 Å². The number of ketones is 1. The van der Waals surface area contributed by atoms with Crippen LogP contribution < -0.4 is 5.32 Å². The highest BCUT2D eigenvalue weighted by molar-refractivity contribution is 6.31. The van der Waals surface area contributed by atoms with E-state index in [1.54, 1.807) is 6.07 Å². The molecule has 7 heteroatoms. The molecule has 2 aromatic carbocycles. The lowest BCUT2D eigenvalue weighted by Crippen LogP contribution is -2.36. The molecule has 27 heavy (non-hydrogen) atoms. The van der Waals surface area contributed by atoms with Gasteiger partial charge in [-0.3, -0.25) is 19.8 Å². The van der Waals surface area contributed by atoms with Crippen LogP contribution in [0.15, 0.2) is 48.5 Å². The zero-order valence-electron chi connectivity index (χ0n) is 14.9. The average Bonchev–Trinajstić information content (AvgIpc) is 3.20. The Morgan fingerprint density at radius 2 is 1.93 bits per heavy atom. The molecule has 0 radical (unpaired) electrons. The molecule has 0 spiro atoms. The van der Waals surface area contributed by atoms with Gasteiger partial charge in [0.2, 0.25) is 0 Å². The van der Waals surface area contributed by atoms with E-state index in [0.717, 1.165) is 36.5 Å². The number of benzene rings is 2. The molecule has 1 aliphatic rings. The molecule has 0 amide bonds. The van der Waals surface area contributed by atoms with E-state index in [4.69, 9.17) is 11.6 Å². The minimum atomic E-state index is -0.495. The van der Waals surface area contributed by atoms with E-state index < -0.39 is 4.92 Å². The van der Waals surface area contributed by atoms with Gasteiger partial charge in [-0.25, -0.2) is 0 Å². The second-order valence-corrected chi connectivity index (χ2v) is 7.05. The first kappa shape index (κ1) is 19.5. The standard InChI is InChI=1S/C20H22ClN3O3/c21-18-9-2-1-8-17(18)19(23-10-3-4-11-23)13-22-14-20(25)15-6-5-7-16(12-15)24(26)27/h1-2,5-9,12,19,22H,3-4,10-11,13-14H2. The Kier molecular flexibility index (Phi) is 6.55. The number of nitrogens with one attached hydrogen (secondary N) is 1. The second kappa shape index (κ2) is 9.08. The number of nitro groups is 1. The molecule has 1 atom stereocenters. The summed E-state index contributed by atoms with van der Waals surface area (Å²) in [6.07, 6.45) is 2.32. The minimum absolute atomic E-state index is 0.0770. The maximum absolute atomic E-state index is 12.4. The summed E-state index contributed by atoms with van der Waals surface area (Å²) >= 11 is 6.40. The van der Waals surface area contributed by atoms with Crippen LogP contribution in [-0.4, -0.2) is 41.8 Å². The van der Waals surface area contributed by atoms with Crippen LogP contribution in [0, 0.1) is 10.1 Å². The Morgan fingerprint density at radius 3 is 2.63 bits per heavy atom. The van der Waals surface area contributed by atoms with Gasteiger partial charge in [0.05, 0.1) is 11.5 Å². The Labute approximate surface area is 163 Å². The van der Waals surface area contributed by atoms with Crippen LogP contribution in [0.1, 0.15) is 34.8 Å². The predicted octanol–water partition coefficient (Wildman–Crippen LogP) is 3.86. The fourth-order valence-corrected chi connectivity index (χ4v) is 3.71. The molecule has 2 aromatic rings. The van der Waals surface area contributed by atoms with E-state index in [-0.39, 0.29) is 24.1 Å². The van der Waals surface area contributed by atoms with Gasteiger partial charge in [0.25, 0.3) is 5.69 Å². The second-order valence-electron chi connectivity index (χ2n) is 6.64. The summed E-state index contributed by atoms with van der Waals surface area (Å²) in [7, 11) is 0. The summed E-state index contributed by atoms with van der Waals surface area (Å²) in [4.78, 5) is 25.2. The van der Waals surface area contributed by atoms with Gasteiger partial charge in [0, 0.05) is 35.3 Å². The molecule has 1 unspecified atom stereocenters. The number of hydrogen-bond donors (Lipinski definition) is 1. The number of likely N-dealkylation sites (tertiary alicyclic amines) is 1. The Hall–Kier alpha value is -2.28. The lowest BCUT2D eigenvalue weighted by molar-refractivity contribution is -0.384. The highest BCUT2D eigenvalue weighted by Gasteiger charge is 2.25. The summed E-state index contributed by atoms with van der Waals surface area (Å²) < 4.78 is 0. The zero-order chi connectivity index (χ0) is 19.2. The summed E-state index contributed by atoms with van der Waals surface area (Å²) in [5.74, 6) is -0.168. The number of carbonyl (C=O) groups excluding carboxylic acids is 1. The van der Waals surface area contributed by atoms with E-state index in [1.165, 1.54) is 18.2 Å². The highest BCUT2D eigenvalue weighted by atomic mass is 35.5. The molecule has 1 heterocycles. The molecule has 1 aliphatic heterocycles. The number of hydrogen-bond acceptors (Lipinski definition) is 5. The van der Waals surface area contributed by atoms with Crippen molar-refractivity contribution in [2.75, 3.05) is 26.2 Å². The van der Waals surface area contributed by atoms with Crippen molar-refractivity contribution in [3.05, 3.63) is 74.8 Å². The Morgan fingerprint density at radius 1 is 1.19 bits per heavy atom. The molecule has 1 N–H and O–H groups in total. The van der Waals surface area contributed by atoms with Crippen molar-refractivity contribution in [1.29, 1.82) is 0 Å². The third kappa shape index (κ3) is 4.91. The minimum Gasteiger partial charge on any atom is -0.308 e. The molecule has 142 valence electrons. The molecule has 1 fully saturated rings. The van der Waals surface area contributed by atoms with Crippen molar-refractivity contribution >= 4 is 23.1 Å². The van der Waals surface area contributed by atoms with Gasteiger partial charge in [-0.1, -0.05) is 41.9 Å². The number of Topliss-reactive ketones (excluding diaryl/α,β-unsaturated/α-hetero) is 1. The normalized spacial score (nSPS) is 15.6. The molecule has 0 aliphatic carbocycles. The molecule has 1 saturated heterocycles. The molecular weight excluding hydrogens is 366 g/mol. The van der Waals surface area contributed by atoms with Crippen LogP contribution >= 0.6 is 11.6 Å². The fourth-order valence-electron chi connectivity index (χ4n) is 3.45. The van der Waals surface area contributed by atoms with Crippen molar-refractivity contribution in [3.63, 3.8) is 0 Å². The maximum atomic E-state index is 12.4. The van der Waals surface area contributed by atoms with Gasteiger partial charge in [0.1, 0.15) is 0 Å². The van der Waals surface area contributed by atoms with E-state index in [1.807, 2.05) is 24.3 Å². The van der Waals surface area contributed by atoms with Gasteiger partial charge >= 0.3 is 0 Å². The van der Waals surface area contributed by atoms with Crippen LogP contribution in [-0.2, 0) is 0 Å². The Bertz CT molecular complexity index is 822. The monoisotopic (exact) mass is 387 g/mol. The predicted molar refractivity (Wildman–Crippen MR) is 105 cm³/mol. The van der Waals surface area contributed by atoms with Crippen LogP contribution in [0.25, 0.3) is 0 Å². The van der Waals surface area contributed by atoms with Crippen molar-refractivity contribution in [2.45, 2.75) is 18.9 Å². The number of carbonyl (C=O) groups is 1. The molecular formula is C20H22ClN3O3. The first-order chi connectivity index (χ1) is 13.1. The smallest absolute Gasteiger partial charge is 0.270 e. The number of non-ortho nitro benzene ring substituents is 1. The van der Waals surface area contributed by atoms with Gasteiger partial charge in [0.15, 0.2) is 5.78 Å². The largest absolute Gasteiger partial charge is 0.308 e. The lowest BCUT2D eigenvalue weighted by atomic mass is 10.0. The van der Waals surface area contributed by atoms with Crippen molar-refractivity contribution in [3.8, 4) is 0 Å². The van der Waals surface area contributed by atoms with E-state index in [9.17, 15) is 14.9 Å². The van der Waals surface area contributed by atoms with E-state index in [2.05, 4.69) is 10.2 Å². The number of halogens is 1. The van der Waals surface area contributed by atoms with Gasteiger partial charge in [-0.15, -0.1) is 0 Å². The van der Waals surface area contributed by atoms with Gasteiger partial charge < -0.3 is 5.32 Å². The van der Waals surface area contributed by atoms with E-state index >= 15 is 0 Å². The number of nitrogens with zero attached hydrogens (tertiary/aromatic N) is 2. The summed E-state index contributed by atoms with van der Waals surface area (Å²) in [5, 5.41) is 14.8. The summed E-state index contributed by atoms with van der Waals surface area (Å²) in [6.45, 7) is 2.73. The van der Waals surface area contributed by atoms with Gasteiger partial charge in [-0.2, -0.15) is 0 Å². The third-order valence-electron chi connectivity index (χ3n) is 4.85. The van der Waals surface area contributed by atoms with Crippen LogP contribution in [0.5, 0.6) is 0 Å². The highest BCUT2D eigenvalue weighted by Crippen LogP contribution is 2.29. The molecule has 3 rings (SSSR count). The quantitative estimate of drug-likeness (QED) is 0.423. The number of nitro benzene ring substituents is 1. The molecule has 0 saturated carbocycles. The summed E-state index contributed by atoms with van der Waals surface area (Å²) in [5.41, 5.74) is 1.32. The zero-order valence-corrected chi connectivity index (χ0v) is 15.7. The van der Waals surface area contributed by atoms with Crippen LogP contribution in [0.2, 0.25) is 5.02 Å². The van der Waals surface area contributed by atoms with Crippen molar-refractivity contribution in [1.82, 2.24) is 10.2 Å². The van der Waals surface area contributed by atoms with Crippen LogP contribution in [0.3, 0.4) is 0 Å². The SMILES string of the molecule is O=C(CNCC(c1ccccc1Cl)N1CCCC1)c1cccc([N+](=O)[O-])c1.